The van der Waals surface area contributed by atoms with Crippen LogP contribution in [0.4, 0.5) is 0 Å². The molecule has 0 saturated heterocycles. The molecule has 0 bridgehead atoms. The molecule has 0 saturated carbocycles. The lowest BCUT2D eigenvalue weighted by atomic mass is 10.1. The highest BCUT2D eigenvalue weighted by atomic mass is 79.9. The summed E-state index contributed by atoms with van der Waals surface area (Å²) in [6, 6.07) is 3.16. The Morgan fingerprint density at radius 3 is 2.71 bits per heavy atom. The minimum absolute atomic E-state index is 0.450. The van der Waals surface area contributed by atoms with Crippen LogP contribution < -0.4 is 5.32 Å². The Morgan fingerprint density at radius 1 is 1.50 bits per heavy atom. The van der Waals surface area contributed by atoms with Gasteiger partial charge < -0.3 is 5.32 Å². The van der Waals surface area contributed by atoms with Crippen LogP contribution in [0.1, 0.15) is 44.5 Å². The summed E-state index contributed by atoms with van der Waals surface area (Å²) in [6.45, 7) is 6.70. The summed E-state index contributed by atoms with van der Waals surface area (Å²) in [5.41, 5.74) is 0. The van der Waals surface area contributed by atoms with Crippen molar-refractivity contribution in [2.45, 2.75) is 45.7 Å². The molecule has 0 aliphatic carbocycles. The first kappa shape index (κ1) is 12.2. The topological polar surface area (TPSA) is 12.0 Å². The molecule has 3 heteroatoms. The van der Waals surface area contributed by atoms with Crippen molar-refractivity contribution in [3.05, 3.63) is 20.8 Å². The zero-order chi connectivity index (χ0) is 10.6. The maximum atomic E-state index is 3.60. The fourth-order valence-corrected chi connectivity index (χ4v) is 3.37. The molecule has 14 heavy (non-hydrogen) atoms. The van der Waals surface area contributed by atoms with Gasteiger partial charge in [0.15, 0.2) is 0 Å². The van der Waals surface area contributed by atoms with Crippen molar-refractivity contribution >= 4 is 27.3 Å². The van der Waals surface area contributed by atoms with Gasteiger partial charge in [0.25, 0.3) is 0 Å². The fraction of sp³-hybridized carbons (Fsp3) is 0.636. The number of nitrogens with one attached hydrogen (secondary N) is 1. The van der Waals surface area contributed by atoms with Gasteiger partial charge in [-0.3, -0.25) is 0 Å². The molecule has 0 amide bonds. The summed E-state index contributed by atoms with van der Waals surface area (Å²) >= 11 is 5.37. The fourth-order valence-electron chi connectivity index (χ4n) is 1.63. The highest BCUT2D eigenvalue weighted by Gasteiger charge is 2.12. The second-order valence-electron chi connectivity index (χ2n) is 3.71. The quantitative estimate of drug-likeness (QED) is 0.843. The lowest BCUT2D eigenvalue weighted by Crippen LogP contribution is -2.28. The highest BCUT2D eigenvalue weighted by Crippen LogP contribution is 2.29. The normalized spacial score (nSPS) is 15.4. The molecule has 0 spiro atoms. The molecule has 1 nitrogen and oxygen atoms in total. The van der Waals surface area contributed by atoms with Gasteiger partial charge in [0.05, 0.1) is 0 Å². The smallest absolute Gasteiger partial charge is 0.0399 e. The van der Waals surface area contributed by atoms with Crippen LogP contribution in [0.15, 0.2) is 15.9 Å². The van der Waals surface area contributed by atoms with Crippen LogP contribution >= 0.6 is 27.3 Å². The van der Waals surface area contributed by atoms with Crippen LogP contribution in [0.2, 0.25) is 0 Å². The molecule has 80 valence electrons. The molecule has 0 aliphatic heterocycles. The first-order chi connectivity index (χ1) is 6.65. The van der Waals surface area contributed by atoms with Crippen LogP contribution in [-0.2, 0) is 0 Å². The molecule has 1 rings (SSSR count). The van der Waals surface area contributed by atoms with E-state index in [1.807, 2.05) is 11.3 Å². The van der Waals surface area contributed by atoms with E-state index in [-0.39, 0.29) is 0 Å². The maximum Gasteiger partial charge on any atom is 0.0399 e. The van der Waals surface area contributed by atoms with Gasteiger partial charge in [-0.05, 0) is 47.6 Å². The predicted molar refractivity (Wildman–Crippen MR) is 67.9 cm³/mol. The SMILES string of the molecule is CCCC(C)NC(C)c1sccc1Br. The van der Waals surface area contributed by atoms with E-state index < -0.39 is 0 Å². The van der Waals surface area contributed by atoms with Crippen molar-refractivity contribution in [1.29, 1.82) is 0 Å². The second-order valence-corrected chi connectivity index (χ2v) is 5.51. The molecule has 2 atom stereocenters. The van der Waals surface area contributed by atoms with Crippen molar-refractivity contribution in [1.82, 2.24) is 5.32 Å². The molecule has 0 aromatic carbocycles. The Labute approximate surface area is 99.0 Å². The summed E-state index contributed by atoms with van der Waals surface area (Å²) < 4.78 is 1.23. The van der Waals surface area contributed by atoms with E-state index in [4.69, 9.17) is 0 Å². The van der Waals surface area contributed by atoms with Crippen molar-refractivity contribution in [3.8, 4) is 0 Å². The van der Waals surface area contributed by atoms with Gasteiger partial charge in [0.1, 0.15) is 0 Å². The second kappa shape index (κ2) is 5.89. The average molecular weight is 276 g/mol. The zero-order valence-electron chi connectivity index (χ0n) is 9.01. The third-order valence-electron chi connectivity index (χ3n) is 2.29. The van der Waals surface area contributed by atoms with Gasteiger partial charge >= 0.3 is 0 Å². The minimum atomic E-state index is 0.450. The first-order valence-corrected chi connectivity index (χ1v) is 6.81. The summed E-state index contributed by atoms with van der Waals surface area (Å²) in [6.07, 6.45) is 2.49. The van der Waals surface area contributed by atoms with Crippen molar-refractivity contribution < 1.29 is 0 Å². The van der Waals surface area contributed by atoms with E-state index in [0.29, 0.717) is 12.1 Å². The number of rotatable bonds is 5. The number of hydrogen-bond donors (Lipinski definition) is 1. The predicted octanol–water partition coefficient (Wildman–Crippen LogP) is 4.35. The number of hydrogen-bond acceptors (Lipinski definition) is 2. The standard InChI is InChI=1S/C11H18BrNS/c1-4-5-8(2)13-9(3)11-10(12)6-7-14-11/h6-9,13H,4-5H2,1-3H3. The molecule has 1 aromatic heterocycles. The average Bonchev–Trinajstić information content (AvgIpc) is 2.51. The molecule has 1 aromatic rings. The van der Waals surface area contributed by atoms with Gasteiger partial charge in [0, 0.05) is 21.4 Å². The Hall–Kier alpha value is 0.140. The van der Waals surface area contributed by atoms with E-state index >= 15 is 0 Å². The third kappa shape index (κ3) is 3.37. The van der Waals surface area contributed by atoms with Crippen LogP contribution in [0.25, 0.3) is 0 Å². The summed E-state index contributed by atoms with van der Waals surface area (Å²) in [4.78, 5) is 1.40. The zero-order valence-corrected chi connectivity index (χ0v) is 11.4. The van der Waals surface area contributed by atoms with Crippen molar-refractivity contribution in [2.24, 2.45) is 0 Å². The Balaban J connectivity index is 2.50. The third-order valence-corrected chi connectivity index (χ3v) is 4.35. The molecule has 2 unspecified atom stereocenters. The van der Waals surface area contributed by atoms with Gasteiger partial charge in [0.2, 0.25) is 0 Å². The highest BCUT2D eigenvalue weighted by molar-refractivity contribution is 9.10. The van der Waals surface area contributed by atoms with Gasteiger partial charge in [-0.15, -0.1) is 11.3 Å². The lowest BCUT2D eigenvalue weighted by Gasteiger charge is -2.18. The maximum absolute atomic E-state index is 3.60. The molecular formula is C11H18BrNS. The van der Waals surface area contributed by atoms with Crippen LogP contribution in [-0.4, -0.2) is 6.04 Å². The lowest BCUT2D eigenvalue weighted by molar-refractivity contribution is 0.456. The van der Waals surface area contributed by atoms with Gasteiger partial charge in [-0.2, -0.15) is 0 Å². The van der Waals surface area contributed by atoms with Crippen molar-refractivity contribution in [2.75, 3.05) is 0 Å². The number of halogens is 1. The van der Waals surface area contributed by atoms with Gasteiger partial charge in [-0.1, -0.05) is 13.3 Å². The monoisotopic (exact) mass is 275 g/mol. The molecule has 0 aliphatic rings. The van der Waals surface area contributed by atoms with Gasteiger partial charge in [-0.25, -0.2) is 0 Å². The Morgan fingerprint density at radius 2 is 2.21 bits per heavy atom. The summed E-state index contributed by atoms with van der Waals surface area (Å²) in [5.74, 6) is 0. The molecule has 0 radical (unpaired) electrons. The van der Waals surface area contributed by atoms with E-state index in [0.717, 1.165) is 0 Å². The van der Waals surface area contributed by atoms with Crippen molar-refractivity contribution in [3.63, 3.8) is 0 Å². The molecule has 0 fully saturated rings. The largest absolute Gasteiger partial charge is 0.307 e. The van der Waals surface area contributed by atoms with E-state index in [1.54, 1.807) is 0 Å². The molecule has 1 N–H and O–H groups in total. The van der Waals surface area contributed by atoms with E-state index in [2.05, 4.69) is 53.5 Å². The van der Waals surface area contributed by atoms with E-state index in [1.165, 1.54) is 22.2 Å². The Kier molecular flexibility index (Phi) is 5.13. The van der Waals surface area contributed by atoms with E-state index in [9.17, 15) is 0 Å². The first-order valence-electron chi connectivity index (χ1n) is 5.14. The van der Waals surface area contributed by atoms with Crippen LogP contribution in [0.5, 0.6) is 0 Å². The van der Waals surface area contributed by atoms with Crippen LogP contribution in [0.3, 0.4) is 0 Å². The summed E-state index contributed by atoms with van der Waals surface area (Å²) in [7, 11) is 0. The molecular weight excluding hydrogens is 258 g/mol. The minimum Gasteiger partial charge on any atom is -0.307 e. The Bertz CT molecular complexity index is 272. The number of thiophene rings is 1. The molecule has 1 heterocycles. The van der Waals surface area contributed by atoms with Crippen LogP contribution in [0, 0.1) is 0 Å². The summed E-state index contributed by atoms with van der Waals surface area (Å²) in [5, 5.41) is 5.73.